The third-order valence-corrected chi connectivity index (χ3v) is 4.21. The molecule has 88 valence electrons. The SMILES string of the molecule is C(CCNC1CC1)CCN1CCSCC1. The van der Waals surface area contributed by atoms with Gasteiger partial charge in [-0.05, 0) is 38.8 Å². The van der Waals surface area contributed by atoms with Crippen molar-refractivity contribution in [3.8, 4) is 0 Å². The van der Waals surface area contributed by atoms with Gasteiger partial charge in [0.2, 0.25) is 0 Å². The maximum absolute atomic E-state index is 3.58. The summed E-state index contributed by atoms with van der Waals surface area (Å²) in [5.41, 5.74) is 0. The molecule has 1 saturated carbocycles. The molecule has 2 aliphatic rings. The highest BCUT2D eigenvalue weighted by Gasteiger charge is 2.19. The normalized spacial score (nSPS) is 23.2. The third-order valence-electron chi connectivity index (χ3n) is 3.27. The number of hydrogen-bond acceptors (Lipinski definition) is 3. The molecule has 0 spiro atoms. The van der Waals surface area contributed by atoms with Gasteiger partial charge in [0.25, 0.3) is 0 Å². The molecule has 15 heavy (non-hydrogen) atoms. The molecule has 3 heteroatoms. The van der Waals surface area contributed by atoms with E-state index in [2.05, 4.69) is 22.0 Å². The number of rotatable bonds is 7. The molecule has 0 radical (unpaired) electrons. The van der Waals surface area contributed by atoms with Crippen LogP contribution in [0.5, 0.6) is 0 Å². The number of unbranched alkanes of at least 4 members (excludes halogenated alkanes) is 2. The second-order valence-electron chi connectivity index (χ2n) is 4.74. The zero-order valence-corrected chi connectivity index (χ0v) is 10.5. The van der Waals surface area contributed by atoms with Crippen LogP contribution in [0.15, 0.2) is 0 Å². The summed E-state index contributed by atoms with van der Waals surface area (Å²) in [7, 11) is 0. The molecule has 0 amide bonds. The fraction of sp³-hybridized carbons (Fsp3) is 1.00. The maximum atomic E-state index is 3.58. The number of thioether (sulfide) groups is 1. The van der Waals surface area contributed by atoms with E-state index in [4.69, 9.17) is 0 Å². The van der Waals surface area contributed by atoms with Crippen LogP contribution in [0.1, 0.15) is 32.1 Å². The van der Waals surface area contributed by atoms with E-state index >= 15 is 0 Å². The van der Waals surface area contributed by atoms with Crippen molar-refractivity contribution in [2.24, 2.45) is 0 Å². The van der Waals surface area contributed by atoms with E-state index in [1.807, 2.05) is 0 Å². The minimum Gasteiger partial charge on any atom is -0.314 e. The third kappa shape index (κ3) is 5.23. The fourth-order valence-electron chi connectivity index (χ4n) is 2.06. The van der Waals surface area contributed by atoms with Gasteiger partial charge in [-0.1, -0.05) is 6.42 Å². The van der Waals surface area contributed by atoms with Crippen molar-refractivity contribution < 1.29 is 0 Å². The van der Waals surface area contributed by atoms with Crippen LogP contribution in [0.3, 0.4) is 0 Å². The molecule has 0 bridgehead atoms. The number of nitrogens with zero attached hydrogens (tertiary/aromatic N) is 1. The zero-order chi connectivity index (χ0) is 10.3. The first-order valence-electron chi connectivity index (χ1n) is 6.48. The van der Waals surface area contributed by atoms with Crippen LogP contribution in [0, 0.1) is 0 Å². The lowest BCUT2D eigenvalue weighted by Gasteiger charge is -2.25. The summed E-state index contributed by atoms with van der Waals surface area (Å²) in [6.07, 6.45) is 7.02. The molecule has 0 aromatic carbocycles. The van der Waals surface area contributed by atoms with Crippen molar-refractivity contribution in [2.45, 2.75) is 38.1 Å². The van der Waals surface area contributed by atoms with E-state index in [1.165, 1.54) is 69.8 Å². The topological polar surface area (TPSA) is 15.3 Å². The molecule has 2 rings (SSSR count). The number of hydrogen-bond donors (Lipinski definition) is 1. The molecule has 1 aliphatic heterocycles. The van der Waals surface area contributed by atoms with Gasteiger partial charge in [0.1, 0.15) is 0 Å². The standard InChI is InChI=1S/C12H24N2S/c1(2-6-13-12-4-5-12)3-7-14-8-10-15-11-9-14/h12-13H,1-11H2. The van der Waals surface area contributed by atoms with E-state index in [9.17, 15) is 0 Å². The summed E-state index contributed by atoms with van der Waals surface area (Å²) >= 11 is 2.10. The largest absolute Gasteiger partial charge is 0.314 e. The molecule has 0 atom stereocenters. The van der Waals surface area contributed by atoms with Crippen LogP contribution in [-0.2, 0) is 0 Å². The molecule has 1 heterocycles. The van der Waals surface area contributed by atoms with Crippen molar-refractivity contribution in [3.63, 3.8) is 0 Å². The van der Waals surface area contributed by atoms with E-state index < -0.39 is 0 Å². The molecule has 2 nitrogen and oxygen atoms in total. The Labute approximate surface area is 98.2 Å². The maximum Gasteiger partial charge on any atom is 0.00727 e. The van der Waals surface area contributed by atoms with Crippen LogP contribution in [-0.4, -0.2) is 48.6 Å². The molecule has 0 unspecified atom stereocenters. The van der Waals surface area contributed by atoms with Crippen LogP contribution in [0.25, 0.3) is 0 Å². The Morgan fingerprint density at radius 1 is 1.07 bits per heavy atom. The first kappa shape index (κ1) is 11.7. The Hall–Kier alpha value is 0.270. The summed E-state index contributed by atoms with van der Waals surface area (Å²) in [6, 6.07) is 0.893. The predicted molar refractivity (Wildman–Crippen MR) is 68.6 cm³/mol. The van der Waals surface area contributed by atoms with Crippen molar-refractivity contribution in [2.75, 3.05) is 37.7 Å². The van der Waals surface area contributed by atoms with E-state index in [1.54, 1.807) is 0 Å². The second kappa shape index (κ2) is 6.77. The van der Waals surface area contributed by atoms with Gasteiger partial charge in [-0.3, -0.25) is 0 Å². The van der Waals surface area contributed by atoms with E-state index in [0.29, 0.717) is 0 Å². The Kier molecular flexibility index (Phi) is 5.30. The Balaban J connectivity index is 1.37. The molecule has 0 aromatic rings. The number of nitrogens with one attached hydrogen (secondary N) is 1. The van der Waals surface area contributed by atoms with Gasteiger partial charge in [0, 0.05) is 30.6 Å². The summed E-state index contributed by atoms with van der Waals surface area (Å²) < 4.78 is 0. The lowest BCUT2D eigenvalue weighted by molar-refractivity contribution is 0.294. The van der Waals surface area contributed by atoms with Crippen LogP contribution in [0.4, 0.5) is 0 Å². The van der Waals surface area contributed by atoms with Gasteiger partial charge < -0.3 is 10.2 Å². The minimum atomic E-state index is 0.893. The highest BCUT2D eigenvalue weighted by molar-refractivity contribution is 7.99. The average Bonchev–Trinajstić information content (AvgIpc) is 3.09. The van der Waals surface area contributed by atoms with Gasteiger partial charge in [-0.15, -0.1) is 0 Å². The smallest absolute Gasteiger partial charge is 0.00727 e. The Morgan fingerprint density at radius 2 is 1.87 bits per heavy atom. The molecular weight excluding hydrogens is 204 g/mol. The second-order valence-corrected chi connectivity index (χ2v) is 5.97. The van der Waals surface area contributed by atoms with Crippen LogP contribution >= 0.6 is 11.8 Å². The molecule has 2 fully saturated rings. The van der Waals surface area contributed by atoms with Gasteiger partial charge in [-0.2, -0.15) is 11.8 Å². The minimum absolute atomic E-state index is 0.893. The van der Waals surface area contributed by atoms with Crippen molar-refractivity contribution in [3.05, 3.63) is 0 Å². The predicted octanol–water partition coefficient (Wildman–Crippen LogP) is 1.96. The highest BCUT2D eigenvalue weighted by atomic mass is 32.2. The quantitative estimate of drug-likeness (QED) is 0.671. The van der Waals surface area contributed by atoms with Gasteiger partial charge >= 0.3 is 0 Å². The Bertz CT molecular complexity index is 165. The lowest BCUT2D eigenvalue weighted by atomic mass is 10.2. The highest BCUT2D eigenvalue weighted by Crippen LogP contribution is 2.18. The first-order valence-corrected chi connectivity index (χ1v) is 7.64. The Morgan fingerprint density at radius 3 is 2.60 bits per heavy atom. The average molecular weight is 228 g/mol. The first-order chi connectivity index (χ1) is 7.45. The molecule has 1 N–H and O–H groups in total. The van der Waals surface area contributed by atoms with Gasteiger partial charge in [-0.25, -0.2) is 0 Å². The molecule has 0 aromatic heterocycles. The van der Waals surface area contributed by atoms with Gasteiger partial charge in [0.15, 0.2) is 0 Å². The van der Waals surface area contributed by atoms with Crippen molar-refractivity contribution >= 4 is 11.8 Å². The molecule has 1 aliphatic carbocycles. The van der Waals surface area contributed by atoms with Crippen molar-refractivity contribution in [1.29, 1.82) is 0 Å². The summed E-state index contributed by atoms with van der Waals surface area (Å²) in [5, 5.41) is 3.58. The van der Waals surface area contributed by atoms with Crippen molar-refractivity contribution in [1.82, 2.24) is 10.2 Å². The fourth-order valence-corrected chi connectivity index (χ4v) is 3.03. The summed E-state index contributed by atoms with van der Waals surface area (Å²) in [6.45, 7) is 5.24. The zero-order valence-electron chi connectivity index (χ0n) is 9.71. The van der Waals surface area contributed by atoms with Gasteiger partial charge in [0.05, 0.1) is 0 Å². The van der Waals surface area contributed by atoms with Crippen LogP contribution in [0.2, 0.25) is 0 Å². The lowest BCUT2D eigenvalue weighted by Crippen LogP contribution is -2.33. The molecule has 1 saturated heterocycles. The van der Waals surface area contributed by atoms with E-state index in [-0.39, 0.29) is 0 Å². The molecular formula is C12H24N2S. The van der Waals surface area contributed by atoms with E-state index in [0.717, 1.165) is 6.04 Å². The van der Waals surface area contributed by atoms with Crippen LogP contribution < -0.4 is 5.32 Å². The monoisotopic (exact) mass is 228 g/mol. The summed E-state index contributed by atoms with van der Waals surface area (Å²) in [5.74, 6) is 2.70. The summed E-state index contributed by atoms with van der Waals surface area (Å²) in [4.78, 5) is 2.63.